The van der Waals surface area contributed by atoms with Crippen LogP contribution < -0.4 is 15.8 Å². The van der Waals surface area contributed by atoms with Crippen LogP contribution in [0, 0.1) is 0 Å². The van der Waals surface area contributed by atoms with Gasteiger partial charge in [-0.05, 0) is 30.3 Å². The molecule has 0 saturated carbocycles. The molecule has 0 fully saturated rings. The second-order valence-electron chi connectivity index (χ2n) is 4.83. The lowest BCUT2D eigenvalue weighted by Crippen LogP contribution is -2.21. The third-order valence-electron chi connectivity index (χ3n) is 3.08. The average Bonchev–Trinajstić information content (AvgIpc) is 2.49. The number of methoxy groups -OCH3 is 1. The summed E-state index contributed by atoms with van der Waals surface area (Å²) in [7, 11) is 5.04. The molecule has 0 aliphatic carbocycles. The van der Waals surface area contributed by atoms with E-state index in [4.69, 9.17) is 10.5 Å². The Hall–Kier alpha value is -2.69. The van der Waals surface area contributed by atoms with Crippen LogP contribution in [0.1, 0.15) is 10.4 Å². The molecule has 5 nitrogen and oxygen atoms in total. The Morgan fingerprint density at radius 1 is 1.14 bits per heavy atom. The number of hydrogen-bond acceptors (Lipinski definition) is 4. The van der Waals surface area contributed by atoms with E-state index >= 15 is 0 Å². The normalized spacial score (nSPS) is 10.0. The third-order valence-corrected chi connectivity index (χ3v) is 3.08. The molecule has 0 heterocycles. The van der Waals surface area contributed by atoms with E-state index in [1.54, 1.807) is 39.4 Å². The van der Waals surface area contributed by atoms with Gasteiger partial charge in [-0.25, -0.2) is 0 Å². The van der Waals surface area contributed by atoms with Crippen LogP contribution in [0.4, 0.5) is 17.1 Å². The summed E-state index contributed by atoms with van der Waals surface area (Å²) in [6, 6.07) is 12.7. The van der Waals surface area contributed by atoms with Crippen LogP contribution in [0.3, 0.4) is 0 Å². The molecule has 3 N–H and O–H groups in total. The van der Waals surface area contributed by atoms with Gasteiger partial charge in [0.2, 0.25) is 0 Å². The first-order valence-corrected chi connectivity index (χ1v) is 6.54. The molecule has 21 heavy (non-hydrogen) atoms. The molecule has 0 spiro atoms. The molecular weight excluding hydrogens is 266 g/mol. The van der Waals surface area contributed by atoms with Crippen molar-refractivity contribution in [2.24, 2.45) is 0 Å². The van der Waals surface area contributed by atoms with E-state index in [0.717, 1.165) is 5.69 Å². The predicted molar refractivity (Wildman–Crippen MR) is 85.1 cm³/mol. The van der Waals surface area contributed by atoms with Gasteiger partial charge >= 0.3 is 0 Å². The number of benzene rings is 2. The van der Waals surface area contributed by atoms with Crippen LogP contribution in [0.2, 0.25) is 0 Å². The zero-order valence-corrected chi connectivity index (χ0v) is 12.4. The van der Waals surface area contributed by atoms with Gasteiger partial charge in [0.05, 0.1) is 24.2 Å². The Morgan fingerprint density at radius 3 is 2.52 bits per heavy atom. The molecule has 2 aromatic rings. The van der Waals surface area contributed by atoms with Crippen LogP contribution in [0.25, 0.3) is 0 Å². The van der Waals surface area contributed by atoms with Crippen LogP contribution >= 0.6 is 0 Å². The summed E-state index contributed by atoms with van der Waals surface area (Å²) in [5.41, 5.74) is 8.58. The second kappa shape index (κ2) is 6.17. The first-order valence-electron chi connectivity index (χ1n) is 6.54. The summed E-state index contributed by atoms with van der Waals surface area (Å²) >= 11 is 0. The van der Waals surface area contributed by atoms with E-state index in [2.05, 4.69) is 5.32 Å². The molecule has 1 amide bonds. The predicted octanol–water partition coefficient (Wildman–Crippen LogP) is 2.72. The minimum absolute atomic E-state index is 0.0712. The summed E-state index contributed by atoms with van der Waals surface area (Å²) in [6.07, 6.45) is 0. The zero-order valence-electron chi connectivity index (χ0n) is 12.4. The van der Waals surface area contributed by atoms with Gasteiger partial charge in [0, 0.05) is 19.7 Å². The molecule has 0 unspecified atom stereocenters. The molecule has 5 heteroatoms. The summed E-state index contributed by atoms with van der Waals surface area (Å²) in [5.74, 6) is 0.638. The Bertz CT molecular complexity index is 654. The number of nitrogens with one attached hydrogen (secondary N) is 1. The highest BCUT2D eigenvalue weighted by Crippen LogP contribution is 2.30. The van der Waals surface area contributed by atoms with E-state index < -0.39 is 0 Å². The summed E-state index contributed by atoms with van der Waals surface area (Å²) in [6.45, 7) is 0. The topological polar surface area (TPSA) is 67.6 Å². The molecular formula is C16H19N3O2. The van der Waals surface area contributed by atoms with E-state index in [1.165, 1.54) is 4.90 Å². The quantitative estimate of drug-likeness (QED) is 0.848. The minimum atomic E-state index is -0.0712. The average molecular weight is 285 g/mol. The minimum Gasteiger partial charge on any atom is -0.495 e. The molecule has 2 rings (SSSR count). The Morgan fingerprint density at radius 2 is 1.86 bits per heavy atom. The van der Waals surface area contributed by atoms with Crippen molar-refractivity contribution in [2.45, 2.75) is 0 Å². The van der Waals surface area contributed by atoms with Crippen molar-refractivity contribution in [3.63, 3.8) is 0 Å². The maximum Gasteiger partial charge on any atom is 0.253 e. The van der Waals surface area contributed by atoms with Crippen molar-refractivity contribution < 1.29 is 9.53 Å². The van der Waals surface area contributed by atoms with Crippen molar-refractivity contribution in [1.82, 2.24) is 4.90 Å². The SMILES string of the molecule is COc1ccccc1Nc1cc(C(=O)N(C)C)ccc1N. The number of carbonyl (C=O) groups is 1. The van der Waals surface area contributed by atoms with Gasteiger partial charge in [-0.3, -0.25) is 4.79 Å². The van der Waals surface area contributed by atoms with Gasteiger partial charge in [-0.2, -0.15) is 0 Å². The summed E-state index contributed by atoms with van der Waals surface area (Å²) in [5, 5.41) is 3.21. The molecule has 0 aromatic heterocycles. The fourth-order valence-electron chi connectivity index (χ4n) is 1.95. The second-order valence-corrected chi connectivity index (χ2v) is 4.83. The lowest BCUT2D eigenvalue weighted by molar-refractivity contribution is 0.0827. The standard InChI is InChI=1S/C16H19N3O2/c1-19(2)16(20)11-8-9-12(17)14(10-11)18-13-6-4-5-7-15(13)21-3/h4-10,18H,17H2,1-3H3. The molecule has 0 atom stereocenters. The maximum absolute atomic E-state index is 12.0. The fourth-order valence-corrected chi connectivity index (χ4v) is 1.95. The van der Waals surface area contributed by atoms with E-state index in [1.807, 2.05) is 24.3 Å². The maximum atomic E-state index is 12.0. The van der Waals surface area contributed by atoms with Gasteiger partial charge in [0.1, 0.15) is 5.75 Å². The lowest BCUT2D eigenvalue weighted by atomic mass is 10.1. The molecule has 0 radical (unpaired) electrons. The number of nitrogen functional groups attached to an aromatic ring is 1. The van der Waals surface area contributed by atoms with Gasteiger partial charge in [0.15, 0.2) is 0 Å². The molecule has 0 saturated heterocycles. The third kappa shape index (κ3) is 3.25. The number of nitrogens with zero attached hydrogens (tertiary/aromatic N) is 1. The van der Waals surface area contributed by atoms with Crippen LogP contribution in [0.15, 0.2) is 42.5 Å². The van der Waals surface area contributed by atoms with Gasteiger partial charge in [0.25, 0.3) is 5.91 Å². The number of carbonyl (C=O) groups excluding carboxylic acids is 1. The lowest BCUT2D eigenvalue weighted by Gasteiger charge is -2.15. The largest absolute Gasteiger partial charge is 0.495 e. The van der Waals surface area contributed by atoms with Gasteiger partial charge < -0.3 is 20.7 Å². The van der Waals surface area contributed by atoms with Crippen molar-refractivity contribution >= 4 is 23.0 Å². The molecule has 0 aliphatic rings. The van der Waals surface area contributed by atoms with Gasteiger partial charge in [-0.15, -0.1) is 0 Å². The Labute approximate surface area is 124 Å². The fraction of sp³-hybridized carbons (Fsp3) is 0.188. The summed E-state index contributed by atoms with van der Waals surface area (Å²) < 4.78 is 5.29. The van der Waals surface area contributed by atoms with E-state index in [0.29, 0.717) is 22.7 Å². The molecule has 0 bridgehead atoms. The highest BCUT2D eigenvalue weighted by molar-refractivity contribution is 5.96. The number of ether oxygens (including phenoxy) is 1. The van der Waals surface area contributed by atoms with Gasteiger partial charge in [-0.1, -0.05) is 12.1 Å². The number of para-hydroxylation sites is 2. The van der Waals surface area contributed by atoms with Crippen molar-refractivity contribution in [2.75, 3.05) is 32.3 Å². The summed E-state index contributed by atoms with van der Waals surface area (Å²) in [4.78, 5) is 13.5. The molecule has 2 aromatic carbocycles. The zero-order chi connectivity index (χ0) is 15.4. The monoisotopic (exact) mass is 285 g/mol. The first kappa shape index (κ1) is 14.7. The highest BCUT2D eigenvalue weighted by atomic mass is 16.5. The molecule has 0 aliphatic heterocycles. The smallest absolute Gasteiger partial charge is 0.253 e. The van der Waals surface area contributed by atoms with Crippen molar-refractivity contribution in [3.05, 3.63) is 48.0 Å². The van der Waals surface area contributed by atoms with Crippen LogP contribution in [-0.4, -0.2) is 32.0 Å². The Kier molecular flexibility index (Phi) is 4.33. The van der Waals surface area contributed by atoms with Crippen LogP contribution in [-0.2, 0) is 0 Å². The number of anilines is 3. The van der Waals surface area contributed by atoms with Crippen molar-refractivity contribution in [1.29, 1.82) is 0 Å². The number of rotatable bonds is 4. The van der Waals surface area contributed by atoms with E-state index in [9.17, 15) is 4.79 Å². The van der Waals surface area contributed by atoms with E-state index in [-0.39, 0.29) is 5.91 Å². The van der Waals surface area contributed by atoms with Crippen LogP contribution in [0.5, 0.6) is 5.75 Å². The number of nitrogens with two attached hydrogens (primary N) is 1. The Balaban J connectivity index is 2.35. The number of hydrogen-bond donors (Lipinski definition) is 2. The highest BCUT2D eigenvalue weighted by Gasteiger charge is 2.11. The van der Waals surface area contributed by atoms with Crippen molar-refractivity contribution in [3.8, 4) is 5.75 Å². The number of amides is 1. The first-order chi connectivity index (χ1) is 10.0. The molecule has 110 valence electrons.